The number of fused-ring (bicyclic) bond motifs is 1. The molecule has 1 fully saturated rings. The molecule has 1 saturated carbocycles. The Hall–Kier alpha value is -1.51. The maximum absolute atomic E-state index is 12.4. The van der Waals surface area contributed by atoms with Crippen molar-refractivity contribution in [3.63, 3.8) is 0 Å². The summed E-state index contributed by atoms with van der Waals surface area (Å²) >= 11 is 0. The van der Waals surface area contributed by atoms with Crippen LogP contribution in [-0.2, 0) is 6.42 Å². The summed E-state index contributed by atoms with van der Waals surface area (Å²) in [5.41, 5.74) is 3.25. The van der Waals surface area contributed by atoms with Crippen LogP contribution in [-0.4, -0.2) is 18.5 Å². The number of anilines is 1. The summed E-state index contributed by atoms with van der Waals surface area (Å²) in [5, 5.41) is 6.56. The van der Waals surface area contributed by atoms with E-state index >= 15 is 0 Å². The van der Waals surface area contributed by atoms with Gasteiger partial charge in [-0.3, -0.25) is 4.79 Å². The predicted molar refractivity (Wildman–Crippen MR) is 82.2 cm³/mol. The van der Waals surface area contributed by atoms with Gasteiger partial charge in [-0.05, 0) is 37.0 Å². The van der Waals surface area contributed by atoms with E-state index in [0.29, 0.717) is 6.04 Å². The van der Waals surface area contributed by atoms with E-state index in [4.69, 9.17) is 0 Å². The Kier molecular flexibility index (Phi) is 4.24. The van der Waals surface area contributed by atoms with Crippen molar-refractivity contribution < 1.29 is 4.79 Å². The topological polar surface area (TPSA) is 41.1 Å². The van der Waals surface area contributed by atoms with Crippen molar-refractivity contribution in [2.24, 2.45) is 0 Å². The maximum atomic E-state index is 12.4. The smallest absolute Gasteiger partial charge is 0.251 e. The Morgan fingerprint density at radius 3 is 2.65 bits per heavy atom. The number of carbonyl (C=O) groups excluding carboxylic acids is 1. The molecule has 0 saturated heterocycles. The molecule has 2 aliphatic rings. The molecule has 3 nitrogen and oxygen atoms in total. The van der Waals surface area contributed by atoms with Crippen molar-refractivity contribution in [1.29, 1.82) is 0 Å². The van der Waals surface area contributed by atoms with Gasteiger partial charge >= 0.3 is 0 Å². The third-order valence-electron chi connectivity index (χ3n) is 4.52. The third-order valence-corrected chi connectivity index (χ3v) is 4.52. The van der Waals surface area contributed by atoms with Crippen LogP contribution < -0.4 is 10.6 Å². The largest absolute Gasteiger partial charge is 0.384 e. The van der Waals surface area contributed by atoms with Gasteiger partial charge in [0.25, 0.3) is 5.91 Å². The number of hydrogen-bond donors (Lipinski definition) is 2. The van der Waals surface area contributed by atoms with Crippen LogP contribution in [0.4, 0.5) is 5.69 Å². The summed E-state index contributed by atoms with van der Waals surface area (Å²) in [5.74, 6) is 0.0899. The molecular formula is C17H24N2O. The molecule has 1 aliphatic heterocycles. The average molecular weight is 272 g/mol. The van der Waals surface area contributed by atoms with Gasteiger partial charge in [0, 0.05) is 23.8 Å². The Balaban J connectivity index is 1.63. The first kappa shape index (κ1) is 13.5. The quantitative estimate of drug-likeness (QED) is 0.865. The fraction of sp³-hybridized carbons (Fsp3) is 0.588. The summed E-state index contributed by atoms with van der Waals surface area (Å²) in [6.45, 7) is 0.989. The van der Waals surface area contributed by atoms with E-state index in [0.717, 1.165) is 37.1 Å². The second kappa shape index (κ2) is 6.29. The van der Waals surface area contributed by atoms with E-state index in [-0.39, 0.29) is 5.91 Å². The molecule has 2 N–H and O–H groups in total. The molecule has 3 heteroatoms. The zero-order valence-corrected chi connectivity index (χ0v) is 12.1. The molecule has 1 aliphatic carbocycles. The summed E-state index contributed by atoms with van der Waals surface area (Å²) < 4.78 is 0. The lowest BCUT2D eigenvalue weighted by molar-refractivity contribution is 0.0930. The van der Waals surface area contributed by atoms with E-state index in [1.54, 1.807) is 0 Å². The molecule has 0 radical (unpaired) electrons. The zero-order chi connectivity index (χ0) is 13.8. The van der Waals surface area contributed by atoms with Gasteiger partial charge in [-0.15, -0.1) is 0 Å². The highest BCUT2D eigenvalue weighted by atomic mass is 16.1. The van der Waals surface area contributed by atoms with Crippen LogP contribution in [0.5, 0.6) is 0 Å². The lowest BCUT2D eigenvalue weighted by Crippen LogP contribution is -2.35. The third kappa shape index (κ3) is 3.14. The van der Waals surface area contributed by atoms with Gasteiger partial charge in [-0.25, -0.2) is 0 Å². The fourth-order valence-electron chi connectivity index (χ4n) is 3.30. The molecule has 1 amide bonds. The molecule has 0 bridgehead atoms. The minimum Gasteiger partial charge on any atom is -0.384 e. The second-order valence-corrected chi connectivity index (χ2v) is 6.06. The van der Waals surface area contributed by atoms with Gasteiger partial charge in [0.15, 0.2) is 0 Å². The van der Waals surface area contributed by atoms with Gasteiger partial charge in [0.05, 0.1) is 0 Å². The molecule has 20 heavy (non-hydrogen) atoms. The second-order valence-electron chi connectivity index (χ2n) is 6.06. The summed E-state index contributed by atoms with van der Waals surface area (Å²) in [4.78, 5) is 12.4. The highest BCUT2D eigenvalue weighted by Gasteiger charge is 2.17. The SMILES string of the molecule is O=C(NC1CCCCCCC1)c1ccc2c(c1)NCC2. The molecule has 0 unspecified atom stereocenters. The molecule has 1 aromatic carbocycles. The molecule has 0 atom stereocenters. The van der Waals surface area contributed by atoms with E-state index in [1.165, 1.54) is 37.7 Å². The van der Waals surface area contributed by atoms with Gasteiger partial charge in [-0.1, -0.05) is 38.2 Å². The molecule has 3 rings (SSSR count). The predicted octanol–water partition coefficient (Wildman–Crippen LogP) is 3.50. The highest BCUT2D eigenvalue weighted by Crippen LogP contribution is 2.23. The van der Waals surface area contributed by atoms with Crippen LogP contribution in [0, 0.1) is 0 Å². The molecule has 0 aromatic heterocycles. The number of amides is 1. The van der Waals surface area contributed by atoms with Crippen molar-refractivity contribution in [1.82, 2.24) is 5.32 Å². The maximum Gasteiger partial charge on any atom is 0.251 e. The van der Waals surface area contributed by atoms with Crippen LogP contribution in [0.2, 0.25) is 0 Å². The van der Waals surface area contributed by atoms with E-state index in [9.17, 15) is 4.79 Å². The number of benzene rings is 1. The lowest BCUT2D eigenvalue weighted by atomic mass is 9.96. The summed E-state index contributed by atoms with van der Waals surface area (Å²) in [6, 6.07) is 6.41. The monoisotopic (exact) mass is 272 g/mol. The Bertz CT molecular complexity index is 476. The van der Waals surface area contributed by atoms with Crippen molar-refractivity contribution in [2.45, 2.75) is 57.4 Å². The Morgan fingerprint density at radius 2 is 1.85 bits per heavy atom. The Morgan fingerprint density at radius 1 is 1.10 bits per heavy atom. The molecule has 1 aromatic rings. The molecular weight excluding hydrogens is 248 g/mol. The average Bonchev–Trinajstić information content (AvgIpc) is 2.88. The van der Waals surface area contributed by atoms with Gasteiger partial charge in [0.1, 0.15) is 0 Å². The minimum absolute atomic E-state index is 0.0899. The minimum atomic E-state index is 0.0899. The van der Waals surface area contributed by atoms with Crippen LogP contribution in [0.25, 0.3) is 0 Å². The van der Waals surface area contributed by atoms with E-state index in [2.05, 4.69) is 16.7 Å². The number of nitrogens with one attached hydrogen (secondary N) is 2. The van der Waals surface area contributed by atoms with Crippen LogP contribution in [0.3, 0.4) is 0 Å². The normalized spacial score (nSPS) is 19.6. The van der Waals surface area contributed by atoms with Gasteiger partial charge < -0.3 is 10.6 Å². The van der Waals surface area contributed by atoms with Crippen LogP contribution in [0.1, 0.15) is 60.9 Å². The Labute approximate surface area is 121 Å². The number of rotatable bonds is 2. The fourth-order valence-corrected chi connectivity index (χ4v) is 3.30. The first-order valence-corrected chi connectivity index (χ1v) is 8.00. The van der Waals surface area contributed by atoms with Crippen molar-refractivity contribution in [2.75, 3.05) is 11.9 Å². The summed E-state index contributed by atoms with van der Waals surface area (Å²) in [7, 11) is 0. The first-order valence-electron chi connectivity index (χ1n) is 8.00. The van der Waals surface area contributed by atoms with Crippen molar-refractivity contribution in [3.05, 3.63) is 29.3 Å². The van der Waals surface area contributed by atoms with Crippen molar-refractivity contribution in [3.8, 4) is 0 Å². The van der Waals surface area contributed by atoms with Gasteiger partial charge in [0.2, 0.25) is 0 Å². The van der Waals surface area contributed by atoms with Gasteiger partial charge in [-0.2, -0.15) is 0 Å². The number of hydrogen-bond acceptors (Lipinski definition) is 2. The van der Waals surface area contributed by atoms with E-state index < -0.39 is 0 Å². The zero-order valence-electron chi connectivity index (χ0n) is 12.1. The lowest BCUT2D eigenvalue weighted by Gasteiger charge is -2.21. The summed E-state index contributed by atoms with van der Waals surface area (Å²) in [6.07, 6.45) is 9.82. The standard InChI is InChI=1S/C17H24N2O/c20-17(19-15-6-4-2-1-3-5-7-15)14-9-8-13-10-11-18-16(13)12-14/h8-9,12,15,18H,1-7,10-11H2,(H,19,20). The molecule has 0 spiro atoms. The van der Waals surface area contributed by atoms with E-state index in [1.807, 2.05) is 12.1 Å². The molecule has 1 heterocycles. The highest BCUT2D eigenvalue weighted by molar-refractivity contribution is 5.95. The van der Waals surface area contributed by atoms with Crippen LogP contribution >= 0.6 is 0 Å². The molecule has 108 valence electrons. The van der Waals surface area contributed by atoms with Crippen molar-refractivity contribution >= 4 is 11.6 Å². The van der Waals surface area contributed by atoms with Crippen LogP contribution in [0.15, 0.2) is 18.2 Å². The first-order chi connectivity index (χ1) is 9.83. The number of carbonyl (C=O) groups is 1.